The smallest absolute Gasteiger partial charge is 0.268 e. The predicted octanol–water partition coefficient (Wildman–Crippen LogP) is 6.26. The number of hydrogen-bond donors (Lipinski definition) is 0. The molecule has 0 saturated carbocycles. The monoisotopic (exact) mass is 521 g/mol. The molecule has 0 aliphatic rings. The molecule has 0 bridgehead atoms. The van der Waals surface area contributed by atoms with Crippen LogP contribution in [0.3, 0.4) is 0 Å². The minimum Gasteiger partial charge on any atom is -0.756 e. The number of rotatable bonds is 26. The first kappa shape index (κ1) is 34.7. The maximum atomic E-state index is 11.9. The van der Waals surface area contributed by atoms with Crippen molar-refractivity contribution in [2.45, 2.75) is 103 Å². The Labute approximate surface area is 216 Å². The molecular weight excluding hydrogens is 465 g/mol. The number of likely N-dealkylation sites (N-methyl/N-ethyl adjacent to an activating group) is 1. The first-order chi connectivity index (χ1) is 16.7. The van der Waals surface area contributed by atoms with Gasteiger partial charge >= 0.3 is 0 Å². The molecule has 0 radical (unpaired) electrons. The van der Waals surface area contributed by atoms with Gasteiger partial charge in [-0.3, -0.25) is 4.57 Å². The topological polar surface area (TPSA) is 77.1 Å². The van der Waals surface area contributed by atoms with Crippen LogP contribution in [-0.4, -0.2) is 71.8 Å². The van der Waals surface area contributed by atoms with Crippen molar-refractivity contribution in [2.24, 2.45) is 0 Å². The molecule has 35 heavy (non-hydrogen) atoms. The van der Waals surface area contributed by atoms with Crippen molar-refractivity contribution >= 4 is 7.82 Å². The third-order valence-electron chi connectivity index (χ3n) is 5.87. The van der Waals surface area contributed by atoms with E-state index in [0.717, 1.165) is 19.3 Å². The van der Waals surface area contributed by atoms with E-state index in [1.54, 1.807) is 0 Å². The number of hydrogen-bond acceptors (Lipinski definition) is 6. The Balaban J connectivity index is 3.57. The van der Waals surface area contributed by atoms with Crippen LogP contribution < -0.4 is 4.89 Å². The molecular formula is C27H56NO6P. The Bertz CT molecular complexity index is 538. The molecule has 0 N–H and O–H groups in total. The first-order valence-electron chi connectivity index (χ1n) is 13.9. The van der Waals surface area contributed by atoms with Gasteiger partial charge in [-0.25, -0.2) is 0 Å². The maximum Gasteiger partial charge on any atom is 0.268 e. The van der Waals surface area contributed by atoms with Gasteiger partial charge in [-0.15, -0.1) is 0 Å². The Morgan fingerprint density at radius 2 is 1.31 bits per heavy atom. The van der Waals surface area contributed by atoms with Crippen LogP contribution in [0.1, 0.15) is 96.8 Å². The second kappa shape index (κ2) is 22.9. The van der Waals surface area contributed by atoms with Crippen molar-refractivity contribution in [2.75, 3.05) is 61.2 Å². The van der Waals surface area contributed by atoms with E-state index in [1.807, 2.05) is 21.1 Å². The second-order valence-electron chi connectivity index (χ2n) is 10.5. The van der Waals surface area contributed by atoms with Crippen LogP contribution in [0.2, 0.25) is 0 Å². The first-order valence-corrected chi connectivity index (χ1v) is 15.3. The average molecular weight is 522 g/mol. The summed E-state index contributed by atoms with van der Waals surface area (Å²) in [7, 11) is 3.09. The molecule has 0 aromatic carbocycles. The summed E-state index contributed by atoms with van der Waals surface area (Å²) < 4.78 is 33.2. The van der Waals surface area contributed by atoms with E-state index in [4.69, 9.17) is 18.5 Å². The van der Waals surface area contributed by atoms with Crippen LogP contribution in [0.25, 0.3) is 0 Å². The van der Waals surface area contributed by atoms with Gasteiger partial charge in [0.05, 0.1) is 34.4 Å². The van der Waals surface area contributed by atoms with Crippen LogP contribution in [0.15, 0.2) is 12.2 Å². The lowest BCUT2D eigenvalue weighted by atomic mass is 10.1. The molecule has 0 spiro atoms. The van der Waals surface area contributed by atoms with Crippen molar-refractivity contribution in [3.8, 4) is 0 Å². The molecule has 210 valence electrons. The van der Waals surface area contributed by atoms with Gasteiger partial charge in [0, 0.05) is 13.7 Å². The third kappa shape index (κ3) is 26.6. The molecule has 0 rings (SSSR count). The highest BCUT2D eigenvalue weighted by molar-refractivity contribution is 7.45. The van der Waals surface area contributed by atoms with Crippen LogP contribution in [0.5, 0.6) is 0 Å². The van der Waals surface area contributed by atoms with Crippen molar-refractivity contribution in [1.82, 2.24) is 0 Å². The van der Waals surface area contributed by atoms with Crippen LogP contribution in [-0.2, 0) is 23.1 Å². The fourth-order valence-corrected chi connectivity index (χ4v) is 4.22. The van der Waals surface area contributed by atoms with Gasteiger partial charge in [0.15, 0.2) is 0 Å². The molecule has 1 unspecified atom stereocenters. The fourth-order valence-electron chi connectivity index (χ4n) is 3.49. The van der Waals surface area contributed by atoms with Crippen molar-refractivity contribution in [3.63, 3.8) is 0 Å². The lowest BCUT2D eigenvalue weighted by Gasteiger charge is -2.28. The van der Waals surface area contributed by atoms with E-state index in [9.17, 15) is 9.46 Å². The van der Waals surface area contributed by atoms with Crippen molar-refractivity contribution in [3.05, 3.63) is 12.2 Å². The van der Waals surface area contributed by atoms with E-state index in [-0.39, 0.29) is 13.2 Å². The molecule has 0 aliphatic heterocycles. The standard InChI is InChI=1S/C27H56NO6P/c1-6-7-8-9-10-11-12-13-14-15-16-17-18-19-20-21-23-32-25-27(31-5)26-34-35(29,30)33-24-22-28(2,3)4/h16-17,27H,6-15,18-26H2,1-5H3/b17-16-/t27-/m1/s1. The van der Waals surface area contributed by atoms with Gasteiger partial charge in [-0.1, -0.05) is 76.9 Å². The van der Waals surface area contributed by atoms with Gasteiger partial charge in [0.25, 0.3) is 7.82 Å². The van der Waals surface area contributed by atoms with E-state index in [0.29, 0.717) is 24.2 Å². The molecule has 0 aliphatic carbocycles. The van der Waals surface area contributed by atoms with E-state index in [1.165, 1.54) is 77.7 Å². The molecule has 0 aromatic heterocycles. The number of methoxy groups -OCH3 is 1. The summed E-state index contributed by atoms with van der Waals surface area (Å²) in [6.45, 7) is 3.76. The zero-order chi connectivity index (χ0) is 26.3. The summed E-state index contributed by atoms with van der Waals surface area (Å²) in [5, 5.41) is 0. The predicted molar refractivity (Wildman–Crippen MR) is 143 cm³/mol. The largest absolute Gasteiger partial charge is 0.756 e. The van der Waals surface area contributed by atoms with Crippen molar-refractivity contribution in [1.29, 1.82) is 0 Å². The lowest BCUT2D eigenvalue weighted by molar-refractivity contribution is -0.870. The lowest BCUT2D eigenvalue weighted by Crippen LogP contribution is -2.37. The maximum absolute atomic E-state index is 11.9. The van der Waals surface area contributed by atoms with Gasteiger partial charge < -0.3 is 27.9 Å². The summed E-state index contributed by atoms with van der Waals surface area (Å²) in [4.78, 5) is 11.9. The normalized spacial score (nSPS) is 15.0. The molecule has 8 heteroatoms. The SMILES string of the molecule is CCCCCCCCCCC/C=C\CCCCCOC[C@H](COP(=O)([O-])OCC[N+](C)(C)C)OC. The molecule has 0 saturated heterocycles. The van der Waals surface area contributed by atoms with E-state index < -0.39 is 13.9 Å². The average Bonchev–Trinajstić information content (AvgIpc) is 2.79. The van der Waals surface area contributed by atoms with Crippen LogP contribution >= 0.6 is 7.82 Å². The molecule has 0 fully saturated rings. The summed E-state index contributed by atoms with van der Waals surface area (Å²) in [5.41, 5.74) is 0. The number of unbranched alkanes of at least 4 members (excludes halogenated alkanes) is 12. The fraction of sp³-hybridized carbons (Fsp3) is 0.926. The second-order valence-corrected chi connectivity index (χ2v) is 11.9. The molecule has 2 atom stereocenters. The van der Waals surface area contributed by atoms with Gasteiger partial charge in [-0.2, -0.15) is 0 Å². The molecule has 7 nitrogen and oxygen atoms in total. The summed E-state index contributed by atoms with van der Waals surface area (Å²) >= 11 is 0. The summed E-state index contributed by atoms with van der Waals surface area (Å²) in [5.74, 6) is 0. The zero-order valence-corrected chi connectivity index (χ0v) is 24.4. The van der Waals surface area contributed by atoms with Crippen molar-refractivity contribution < 1.29 is 32.5 Å². The molecule has 0 heterocycles. The molecule has 0 aromatic rings. The van der Waals surface area contributed by atoms with Crippen LogP contribution in [0, 0.1) is 0 Å². The molecule has 0 amide bonds. The minimum atomic E-state index is -4.33. The van der Waals surface area contributed by atoms with Gasteiger partial charge in [0.2, 0.25) is 0 Å². The third-order valence-corrected chi connectivity index (χ3v) is 6.83. The number of allylic oxidation sites excluding steroid dienone is 2. The van der Waals surface area contributed by atoms with Crippen LogP contribution in [0.4, 0.5) is 0 Å². The van der Waals surface area contributed by atoms with Gasteiger partial charge in [-0.05, 0) is 32.1 Å². The van der Waals surface area contributed by atoms with E-state index >= 15 is 0 Å². The number of nitrogens with zero attached hydrogens (tertiary/aromatic N) is 1. The Hall–Kier alpha value is -0.270. The Morgan fingerprint density at radius 3 is 1.86 bits per heavy atom. The summed E-state index contributed by atoms with van der Waals surface area (Å²) in [6, 6.07) is 0. The Morgan fingerprint density at radius 1 is 0.771 bits per heavy atom. The number of quaternary nitrogens is 1. The number of ether oxygens (including phenoxy) is 2. The number of phosphoric ester groups is 1. The quantitative estimate of drug-likeness (QED) is 0.0578. The summed E-state index contributed by atoms with van der Waals surface area (Å²) in [6.07, 6.45) is 22.2. The van der Waals surface area contributed by atoms with Gasteiger partial charge in [0.1, 0.15) is 19.3 Å². The highest BCUT2D eigenvalue weighted by Gasteiger charge is 2.16. The minimum absolute atomic E-state index is 0.0901. The highest BCUT2D eigenvalue weighted by atomic mass is 31.2. The van der Waals surface area contributed by atoms with E-state index in [2.05, 4.69) is 19.1 Å². The number of phosphoric acid groups is 1. The highest BCUT2D eigenvalue weighted by Crippen LogP contribution is 2.38. The zero-order valence-electron chi connectivity index (χ0n) is 23.5. The Kier molecular flexibility index (Phi) is 22.7.